The molecule has 1 heterocycles. The Morgan fingerprint density at radius 2 is 1.61 bits per heavy atom. The third-order valence-corrected chi connectivity index (χ3v) is 6.78. The number of benzene rings is 3. The topological polar surface area (TPSA) is 43.8 Å². The lowest BCUT2D eigenvalue weighted by Crippen LogP contribution is -2.56. The maximum absolute atomic E-state index is 12.1. The Hall–Kier alpha value is -2.95. The van der Waals surface area contributed by atoms with Crippen LogP contribution < -0.4 is 0 Å². The summed E-state index contributed by atoms with van der Waals surface area (Å²) in [5, 5.41) is 9.60. The smallest absolute Gasteiger partial charge is 0.159 e. The first-order valence-corrected chi connectivity index (χ1v) is 11.8. The summed E-state index contributed by atoms with van der Waals surface area (Å²) in [6, 6.07) is 25.2. The van der Waals surface area contributed by atoms with Crippen LogP contribution in [0.3, 0.4) is 0 Å². The zero-order valence-corrected chi connectivity index (χ0v) is 20.0. The van der Waals surface area contributed by atoms with Crippen LogP contribution in [0.2, 0.25) is 0 Å². The summed E-state index contributed by atoms with van der Waals surface area (Å²) in [5.74, 6) is 0.402. The molecular formula is C29H34N2O2. The van der Waals surface area contributed by atoms with Crippen molar-refractivity contribution in [1.29, 1.82) is 0 Å². The summed E-state index contributed by atoms with van der Waals surface area (Å²) in [7, 11) is 0. The van der Waals surface area contributed by atoms with Crippen molar-refractivity contribution in [1.82, 2.24) is 9.80 Å². The van der Waals surface area contributed by atoms with Crippen molar-refractivity contribution in [3.8, 4) is 5.75 Å². The quantitative estimate of drug-likeness (QED) is 0.506. The van der Waals surface area contributed by atoms with E-state index in [0.29, 0.717) is 17.8 Å². The average molecular weight is 443 g/mol. The second-order valence-electron chi connectivity index (χ2n) is 9.49. The molecule has 0 spiro atoms. The Labute approximate surface area is 197 Å². The molecule has 3 aromatic carbocycles. The fourth-order valence-electron chi connectivity index (χ4n) is 4.98. The predicted octanol–water partition coefficient (Wildman–Crippen LogP) is 5.59. The molecule has 0 saturated carbocycles. The fourth-order valence-corrected chi connectivity index (χ4v) is 4.98. The van der Waals surface area contributed by atoms with Crippen LogP contribution in [-0.4, -0.2) is 45.9 Å². The SMILES string of the molecule is CC(=O)c1cccc([C@H](c2cccc(C)c2)N2C[C@@H](C)N(Cc3ccc(O)cc3)C[C@@H]2C)c1. The molecule has 1 N–H and O–H groups in total. The van der Waals surface area contributed by atoms with Crippen LogP contribution in [0, 0.1) is 6.92 Å². The maximum atomic E-state index is 12.1. The summed E-state index contributed by atoms with van der Waals surface area (Å²) in [4.78, 5) is 17.2. The second kappa shape index (κ2) is 9.90. The number of hydrogen-bond donors (Lipinski definition) is 1. The summed E-state index contributed by atoms with van der Waals surface area (Å²) in [6.45, 7) is 11.1. The monoisotopic (exact) mass is 442 g/mol. The van der Waals surface area contributed by atoms with Crippen LogP contribution in [0.4, 0.5) is 0 Å². The van der Waals surface area contributed by atoms with Gasteiger partial charge in [0.15, 0.2) is 5.78 Å². The van der Waals surface area contributed by atoms with Crippen molar-refractivity contribution < 1.29 is 9.90 Å². The van der Waals surface area contributed by atoms with Gasteiger partial charge < -0.3 is 5.11 Å². The van der Waals surface area contributed by atoms with Crippen molar-refractivity contribution in [3.63, 3.8) is 0 Å². The Balaban J connectivity index is 1.64. The van der Waals surface area contributed by atoms with Crippen molar-refractivity contribution in [2.24, 2.45) is 0 Å². The van der Waals surface area contributed by atoms with Gasteiger partial charge in [0, 0.05) is 37.3 Å². The molecule has 3 aromatic rings. The molecule has 0 radical (unpaired) electrons. The van der Waals surface area contributed by atoms with E-state index in [9.17, 15) is 9.90 Å². The highest BCUT2D eigenvalue weighted by atomic mass is 16.3. The maximum Gasteiger partial charge on any atom is 0.159 e. The largest absolute Gasteiger partial charge is 0.508 e. The highest BCUT2D eigenvalue weighted by molar-refractivity contribution is 5.94. The Bertz CT molecular complexity index is 1110. The summed E-state index contributed by atoms with van der Waals surface area (Å²) in [5.41, 5.74) is 5.65. The van der Waals surface area contributed by atoms with Gasteiger partial charge in [-0.2, -0.15) is 0 Å². The van der Waals surface area contributed by atoms with E-state index < -0.39 is 0 Å². The van der Waals surface area contributed by atoms with Crippen LogP contribution in [0.1, 0.15) is 59.4 Å². The molecule has 0 aromatic heterocycles. The van der Waals surface area contributed by atoms with E-state index in [1.165, 1.54) is 22.3 Å². The number of rotatable bonds is 6. The number of ketones is 1. The lowest BCUT2D eigenvalue weighted by atomic mass is 9.91. The van der Waals surface area contributed by atoms with E-state index in [4.69, 9.17) is 0 Å². The molecule has 0 aliphatic carbocycles. The minimum atomic E-state index is 0.0949. The number of hydrogen-bond acceptors (Lipinski definition) is 4. The van der Waals surface area contributed by atoms with E-state index >= 15 is 0 Å². The first-order chi connectivity index (χ1) is 15.8. The third-order valence-electron chi connectivity index (χ3n) is 6.78. The number of phenolic OH excluding ortho intramolecular Hbond substituents is 1. The second-order valence-corrected chi connectivity index (χ2v) is 9.49. The summed E-state index contributed by atoms with van der Waals surface area (Å²) < 4.78 is 0. The highest BCUT2D eigenvalue weighted by Gasteiger charge is 2.35. The van der Waals surface area contributed by atoms with Gasteiger partial charge in [0.05, 0.1) is 6.04 Å². The molecule has 172 valence electrons. The van der Waals surface area contributed by atoms with Gasteiger partial charge in [0.25, 0.3) is 0 Å². The van der Waals surface area contributed by atoms with Crippen LogP contribution in [0.5, 0.6) is 5.75 Å². The average Bonchev–Trinajstić information content (AvgIpc) is 2.79. The number of Topliss-reactive ketones (excluding diaryl/α,β-unsaturated/α-hetero) is 1. The fraction of sp³-hybridized carbons (Fsp3) is 0.345. The molecular weight excluding hydrogens is 408 g/mol. The van der Waals surface area contributed by atoms with Gasteiger partial charge in [-0.25, -0.2) is 0 Å². The minimum absolute atomic E-state index is 0.0949. The number of piperazine rings is 1. The van der Waals surface area contributed by atoms with Gasteiger partial charge in [-0.05, 0) is 62.6 Å². The normalized spacial score (nSPS) is 20.5. The highest BCUT2D eigenvalue weighted by Crippen LogP contribution is 2.34. The molecule has 3 atom stereocenters. The standard InChI is InChI=1S/C29H34N2O2/c1-20-7-5-9-26(15-20)29(27-10-6-8-25(16-27)23(4)32)31-18-21(2)30(17-22(31)3)19-24-11-13-28(33)14-12-24/h5-16,21-22,29,33H,17-19H2,1-4H3/t21-,22+,29+/m1/s1. The molecule has 4 rings (SSSR count). The predicted molar refractivity (Wildman–Crippen MR) is 134 cm³/mol. The first-order valence-electron chi connectivity index (χ1n) is 11.8. The third kappa shape index (κ3) is 5.35. The number of carbonyl (C=O) groups is 1. The van der Waals surface area contributed by atoms with E-state index in [-0.39, 0.29) is 11.8 Å². The van der Waals surface area contributed by atoms with Crippen LogP contribution in [0.25, 0.3) is 0 Å². The van der Waals surface area contributed by atoms with Crippen LogP contribution >= 0.6 is 0 Å². The van der Waals surface area contributed by atoms with Crippen molar-refractivity contribution in [2.45, 2.75) is 52.4 Å². The van der Waals surface area contributed by atoms with Gasteiger partial charge >= 0.3 is 0 Å². The van der Waals surface area contributed by atoms with Crippen molar-refractivity contribution >= 4 is 5.78 Å². The summed E-state index contributed by atoms with van der Waals surface area (Å²) in [6.07, 6.45) is 0. The van der Waals surface area contributed by atoms with E-state index in [0.717, 1.165) is 25.2 Å². The number of carbonyl (C=O) groups excluding carboxylic acids is 1. The lowest BCUT2D eigenvalue weighted by molar-refractivity contribution is 0.0195. The molecule has 1 aliphatic heterocycles. The molecule has 0 bridgehead atoms. The molecule has 1 aliphatic rings. The Kier molecular flexibility index (Phi) is 6.96. The molecule has 0 unspecified atom stereocenters. The lowest BCUT2D eigenvalue weighted by Gasteiger charge is -2.48. The van der Waals surface area contributed by atoms with Gasteiger partial charge in [-0.15, -0.1) is 0 Å². The van der Waals surface area contributed by atoms with Gasteiger partial charge in [0.2, 0.25) is 0 Å². The number of aromatic hydroxyl groups is 1. The van der Waals surface area contributed by atoms with Crippen molar-refractivity contribution in [2.75, 3.05) is 13.1 Å². The van der Waals surface area contributed by atoms with Crippen molar-refractivity contribution in [3.05, 3.63) is 101 Å². The van der Waals surface area contributed by atoms with E-state index in [1.54, 1.807) is 19.1 Å². The zero-order valence-electron chi connectivity index (χ0n) is 20.0. The number of phenols is 1. The number of aryl methyl sites for hydroxylation is 1. The van der Waals surface area contributed by atoms with E-state index in [2.05, 4.69) is 67.0 Å². The molecule has 1 fully saturated rings. The Morgan fingerprint density at radius 1 is 0.939 bits per heavy atom. The molecule has 1 saturated heterocycles. The molecule has 4 nitrogen and oxygen atoms in total. The van der Waals surface area contributed by atoms with Gasteiger partial charge in [-0.1, -0.05) is 60.2 Å². The molecule has 4 heteroatoms. The summed E-state index contributed by atoms with van der Waals surface area (Å²) >= 11 is 0. The molecule has 0 amide bonds. The van der Waals surface area contributed by atoms with Crippen LogP contribution in [-0.2, 0) is 6.54 Å². The Morgan fingerprint density at radius 3 is 2.27 bits per heavy atom. The minimum Gasteiger partial charge on any atom is -0.508 e. The van der Waals surface area contributed by atoms with Gasteiger partial charge in [-0.3, -0.25) is 14.6 Å². The van der Waals surface area contributed by atoms with Gasteiger partial charge in [0.1, 0.15) is 5.75 Å². The molecule has 33 heavy (non-hydrogen) atoms. The van der Waals surface area contributed by atoms with E-state index in [1.807, 2.05) is 24.3 Å². The number of nitrogens with zero attached hydrogens (tertiary/aromatic N) is 2. The zero-order chi connectivity index (χ0) is 23.5. The van der Waals surface area contributed by atoms with Crippen LogP contribution in [0.15, 0.2) is 72.8 Å². The first kappa shape index (κ1) is 23.2.